The van der Waals surface area contributed by atoms with Crippen LogP contribution >= 0.6 is 0 Å². The molecule has 0 amide bonds. The number of rotatable bonds is 2. The summed E-state index contributed by atoms with van der Waals surface area (Å²) in [5.74, 6) is -0.180. The standard InChI is InChI=1S/C22H23NO3/c24-21-19-12-17-6-11-26-22(20(17)13-18(19)15-25-21)7-9-23(10-8-22)14-16-4-2-1-3-5-16/h1-5,12-13H,6-11,14-15H2. The van der Waals surface area contributed by atoms with E-state index in [2.05, 4.69) is 47.4 Å². The van der Waals surface area contributed by atoms with Gasteiger partial charge in [0.25, 0.3) is 0 Å². The van der Waals surface area contributed by atoms with E-state index >= 15 is 0 Å². The first-order chi connectivity index (χ1) is 12.7. The van der Waals surface area contributed by atoms with Crippen LogP contribution in [-0.2, 0) is 34.6 Å². The Kier molecular flexibility index (Phi) is 3.84. The molecule has 3 aliphatic heterocycles. The van der Waals surface area contributed by atoms with E-state index in [1.807, 2.05) is 0 Å². The Balaban J connectivity index is 1.38. The van der Waals surface area contributed by atoms with Crippen molar-refractivity contribution < 1.29 is 14.3 Å². The summed E-state index contributed by atoms with van der Waals surface area (Å²) in [6, 6.07) is 14.9. The van der Waals surface area contributed by atoms with E-state index in [1.165, 1.54) is 16.7 Å². The Morgan fingerprint density at radius 1 is 1.04 bits per heavy atom. The monoisotopic (exact) mass is 349 g/mol. The van der Waals surface area contributed by atoms with Crippen molar-refractivity contribution in [2.24, 2.45) is 0 Å². The highest BCUT2D eigenvalue weighted by Crippen LogP contribution is 2.43. The van der Waals surface area contributed by atoms with Crippen LogP contribution in [0.3, 0.4) is 0 Å². The molecule has 0 unspecified atom stereocenters. The molecule has 4 nitrogen and oxygen atoms in total. The summed E-state index contributed by atoms with van der Waals surface area (Å²) in [6.45, 7) is 4.19. The molecule has 134 valence electrons. The van der Waals surface area contributed by atoms with Crippen molar-refractivity contribution >= 4 is 5.97 Å². The fourth-order valence-electron chi connectivity index (χ4n) is 4.61. The van der Waals surface area contributed by atoms with Gasteiger partial charge in [-0.2, -0.15) is 0 Å². The molecular weight excluding hydrogens is 326 g/mol. The quantitative estimate of drug-likeness (QED) is 0.779. The summed E-state index contributed by atoms with van der Waals surface area (Å²) in [7, 11) is 0. The van der Waals surface area contributed by atoms with Gasteiger partial charge in [0.1, 0.15) is 6.61 Å². The first kappa shape index (κ1) is 16.0. The van der Waals surface area contributed by atoms with Crippen molar-refractivity contribution in [1.82, 2.24) is 4.90 Å². The van der Waals surface area contributed by atoms with Gasteiger partial charge < -0.3 is 9.47 Å². The minimum Gasteiger partial charge on any atom is -0.457 e. The van der Waals surface area contributed by atoms with Gasteiger partial charge in [0.2, 0.25) is 0 Å². The van der Waals surface area contributed by atoms with Crippen molar-refractivity contribution in [3.8, 4) is 0 Å². The van der Waals surface area contributed by atoms with Crippen LogP contribution in [0, 0.1) is 0 Å². The Labute approximate surface area is 153 Å². The molecule has 1 spiro atoms. The molecule has 0 aliphatic carbocycles. The second-order valence-electron chi connectivity index (χ2n) is 7.60. The smallest absolute Gasteiger partial charge is 0.338 e. The van der Waals surface area contributed by atoms with Gasteiger partial charge in [0.15, 0.2) is 0 Å². The molecule has 0 bridgehead atoms. The maximum Gasteiger partial charge on any atom is 0.338 e. The molecule has 0 aromatic heterocycles. The minimum atomic E-state index is -0.193. The Morgan fingerprint density at radius 2 is 1.85 bits per heavy atom. The second kappa shape index (κ2) is 6.22. The van der Waals surface area contributed by atoms with Gasteiger partial charge in [0.05, 0.1) is 17.8 Å². The van der Waals surface area contributed by atoms with Gasteiger partial charge in [-0.1, -0.05) is 30.3 Å². The average molecular weight is 349 g/mol. The van der Waals surface area contributed by atoms with Crippen molar-refractivity contribution in [2.45, 2.75) is 38.0 Å². The molecule has 0 atom stereocenters. The Bertz CT molecular complexity index is 838. The summed E-state index contributed by atoms with van der Waals surface area (Å²) in [5.41, 5.74) is 5.50. The highest BCUT2D eigenvalue weighted by Gasteiger charge is 2.42. The molecule has 2 aromatic rings. The molecule has 4 heteroatoms. The molecular formula is C22H23NO3. The highest BCUT2D eigenvalue weighted by atomic mass is 16.5. The van der Waals surface area contributed by atoms with E-state index in [0.29, 0.717) is 6.61 Å². The predicted molar refractivity (Wildman–Crippen MR) is 97.8 cm³/mol. The second-order valence-corrected chi connectivity index (χ2v) is 7.60. The van der Waals surface area contributed by atoms with Gasteiger partial charge in [-0.25, -0.2) is 4.79 Å². The van der Waals surface area contributed by atoms with Crippen LogP contribution in [0.15, 0.2) is 42.5 Å². The van der Waals surface area contributed by atoms with Crippen molar-refractivity contribution in [1.29, 1.82) is 0 Å². The maximum atomic E-state index is 11.9. The number of ether oxygens (including phenoxy) is 2. The largest absolute Gasteiger partial charge is 0.457 e. The van der Waals surface area contributed by atoms with E-state index in [1.54, 1.807) is 0 Å². The van der Waals surface area contributed by atoms with Crippen LogP contribution in [0.4, 0.5) is 0 Å². The number of hydrogen-bond donors (Lipinski definition) is 0. The van der Waals surface area contributed by atoms with Gasteiger partial charge in [-0.15, -0.1) is 0 Å². The van der Waals surface area contributed by atoms with Crippen molar-refractivity contribution in [3.63, 3.8) is 0 Å². The third kappa shape index (κ3) is 2.65. The van der Waals surface area contributed by atoms with Crippen LogP contribution < -0.4 is 0 Å². The molecule has 3 aliphatic rings. The molecule has 0 saturated carbocycles. The SMILES string of the molecule is O=C1OCc2cc3c(cc21)CCOC31CCN(Cc2ccccc2)CC1. The van der Waals surface area contributed by atoms with Crippen LogP contribution in [-0.4, -0.2) is 30.6 Å². The lowest BCUT2D eigenvalue weighted by atomic mass is 9.78. The van der Waals surface area contributed by atoms with Crippen molar-refractivity contribution in [2.75, 3.05) is 19.7 Å². The minimum absolute atomic E-state index is 0.180. The first-order valence-corrected chi connectivity index (χ1v) is 9.47. The van der Waals surface area contributed by atoms with Crippen LogP contribution in [0.5, 0.6) is 0 Å². The Morgan fingerprint density at radius 3 is 2.65 bits per heavy atom. The first-order valence-electron chi connectivity index (χ1n) is 9.47. The van der Waals surface area contributed by atoms with Gasteiger partial charge in [-0.3, -0.25) is 4.90 Å². The number of hydrogen-bond acceptors (Lipinski definition) is 4. The van der Waals surface area contributed by atoms with E-state index in [0.717, 1.165) is 56.6 Å². The maximum absolute atomic E-state index is 11.9. The van der Waals surface area contributed by atoms with Gasteiger partial charge >= 0.3 is 5.97 Å². The van der Waals surface area contributed by atoms with E-state index < -0.39 is 0 Å². The number of cyclic esters (lactones) is 1. The summed E-state index contributed by atoms with van der Waals surface area (Å²) < 4.78 is 11.6. The van der Waals surface area contributed by atoms with Gasteiger partial charge in [-0.05, 0) is 48.1 Å². The zero-order valence-corrected chi connectivity index (χ0v) is 14.9. The topological polar surface area (TPSA) is 38.8 Å². The molecule has 3 heterocycles. The third-order valence-electron chi connectivity index (χ3n) is 6.06. The Hall–Kier alpha value is -2.17. The number of piperidine rings is 1. The highest BCUT2D eigenvalue weighted by molar-refractivity contribution is 5.93. The van der Waals surface area contributed by atoms with E-state index in [-0.39, 0.29) is 11.6 Å². The van der Waals surface area contributed by atoms with Crippen molar-refractivity contribution in [3.05, 3.63) is 70.3 Å². The average Bonchev–Trinajstić information content (AvgIpc) is 3.04. The lowest BCUT2D eigenvalue weighted by Gasteiger charge is -2.45. The van der Waals surface area contributed by atoms with E-state index in [4.69, 9.17) is 9.47 Å². The summed E-state index contributed by atoms with van der Waals surface area (Å²) >= 11 is 0. The number of carbonyl (C=O) groups is 1. The molecule has 26 heavy (non-hydrogen) atoms. The van der Waals surface area contributed by atoms with E-state index in [9.17, 15) is 4.79 Å². The number of likely N-dealkylation sites (tertiary alicyclic amines) is 1. The molecule has 0 radical (unpaired) electrons. The lowest BCUT2D eigenvalue weighted by molar-refractivity contribution is -0.0989. The van der Waals surface area contributed by atoms with Crippen LogP contribution in [0.25, 0.3) is 0 Å². The fourth-order valence-corrected chi connectivity index (χ4v) is 4.61. The predicted octanol–water partition coefficient (Wildman–Crippen LogP) is 3.42. The van der Waals surface area contributed by atoms with Gasteiger partial charge in [0, 0.05) is 25.2 Å². The fraction of sp³-hybridized carbons (Fsp3) is 0.409. The molecule has 1 fully saturated rings. The molecule has 5 rings (SSSR count). The molecule has 1 saturated heterocycles. The lowest BCUT2D eigenvalue weighted by Crippen LogP contribution is -2.46. The summed E-state index contributed by atoms with van der Waals surface area (Å²) in [4.78, 5) is 14.4. The normalized spacial score (nSPS) is 21.3. The number of nitrogens with zero attached hydrogens (tertiary/aromatic N) is 1. The molecule has 0 N–H and O–H groups in total. The number of esters is 1. The number of carbonyl (C=O) groups excluding carboxylic acids is 1. The van der Waals surface area contributed by atoms with Crippen LogP contribution in [0.1, 0.15) is 45.5 Å². The third-order valence-corrected chi connectivity index (χ3v) is 6.06. The zero-order chi connectivity index (χ0) is 17.6. The zero-order valence-electron chi connectivity index (χ0n) is 14.9. The molecule has 2 aromatic carbocycles. The number of benzene rings is 2. The van der Waals surface area contributed by atoms with Crippen LogP contribution in [0.2, 0.25) is 0 Å². The number of fused-ring (bicyclic) bond motifs is 3. The summed E-state index contributed by atoms with van der Waals surface area (Å²) in [5, 5.41) is 0. The summed E-state index contributed by atoms with van der Waals surface area (Å²) in [6.07, 6.45) is 2.88.